The molecule has 7 nitrogen and oxygen atoms in total. The number of ether oxygens (including phenoxy) is 1. The first-order valence-electron chi connectivity index (χ1n) is 10.2. The quantitative estimate of drug-likeness (QED) is 0.599. The highest BCUT2D eigenvalue weighted by Crippen LogP contribution is 2.36. The molecule has 1 N–H and O–H groups in total. The van der Waals surface area contributed by atoms with Crippen LogP contribution in [0.3, 0.4) is 0 Å². The summed E-state index contributed by atoms with van der Waals surface area (Å²) in [4.78, 5) is 17.9. The molecule has 1 saturated carbocycles. The van der Waals surface area contributed by atoms with Gasteiger partial charge in [0.15, 0.2) is 0 Å². The van der Waals surface area contributed by atoms with Gasteiger partial charge in [-0.05, 0) is 65.4 Å². The van der Waals surface area contributed by atoms with Gasteiger partial charge in [0.2, 0.25) is 5.82 Å². The fraction of sp³-hybridized carbons (Fsp3) is 0.750. The lowest BCUT2D eigenvalue weighted by molar-refractivity contribution is -0.384. The third-order valence-electron chi connectivity index (χ3n) is 6.22. The van der Waals surface area contributed by atoms with Gasteiger partial charge in [0, 0.05) is 43.0 Å². The molecule has 1 aliphatic heterocycles. The average Bonchev–Trinajstić information content (AvgIpc) is 2.64. The molecule has 1 aromatic rings. The third kappa shape index (κ3) is 4.76. The first-order chi connectivity index (χ1) is 12.9. The fourth-order valence-corrected chi connectivity index (χ4v) is 4.49. The van der Waals surface area contributed by atoms with Crippen LogP contribution in [-0.4, -0.2) is 52.2 Å². The van der Waals surface area contributed by atoms with Gasteiger partial charge in [0.05, 0.1) is 11.0 Å². The topological polar surface area (TPSA) is 80.5 Å². The summed E-state index contributed by atoms with van der Waals surface area (Å²) < 4.78 is 5.80. The number of likely N-dealkylation sites (tertiary alicyclic amines) is 1. The predicted molar refractivity (Wildman–Crippen MR) is 106 cm³/mol. The van der Waals surface area contributed by atoms with Crippen LogP contribution in [0, 0.1) is 17.0 Å². The lowest BCUT2D eigenvalue weighted by Crippen LogP contribution is -2.53. The number of nitro groups is 1. The SMILES string of the molecule is CCOC1CCC(C)(N2CCC(Nc3nc(C)ccc3[N+](=O)[O-])CC2)CC1. The number of nitrogens with one attached hydrogen (secondary N) is 1. The minimum Gasteiger partial charge on any atom is -0.379 e. The molecule has 2 aliphatic rings. The second-order valence-corrected chi connectivity index (χ2v) is 8.13. The summed E-state index contributed by atoms with van der Waals surface area (Å²) in [5, 5.41) is 14.6. The maximum absolute atomic E-state index is 11.3. The van der Waals surface area contributed by atoms with Crippen molar-refractivity contribution in [1.82, 2.24) is 9.88 Å². The Morgan fingerprint density at radius 1 is 1.30 bits per heavy atom. The zero-order valence-corrected chi connectivity index (χ0v) is 16.7. The van der Waals surface area contributed by atoms with Crippen molar-refractivity contribution in [3.05, 3.63) is 27.9 Å². The van der Waals surface area contributed by atoms with Gasteiger partial charge in [-0.15, -0.1) is 0 Å². The molecule has 3 rings (SSSR count). The molecule has 0 bridgehead atoms. The first kappa shape index (κ1) is 20.0. The molecule has 27 heavy (non-hydrogen) atoms. The highest BCUT2D eigenvalue weighted by atomic mass is 16.6. The van der Waals surface area contributed by atoms with Crippen molar-refractivity contribution in [3.8, 4) is 0 Å². The van der Waals surface area contributed by atoms with E-state index in [1.165, 1.54) is 18.9 Å². The van der Waals surface area contributed by atoms with Crippen molar-refractivity contribution in [2.45, 2.75) is 77.0 Å². The largest absolute Gasteiger partial charge is 0.379 e. The summed E-state index contributed by atoms with van der Waals surface area (Å²) in [5.74, 6) is 0.405. The molecule has 0 atom stereocenters. The summed E-state index contributed by atoms with van der Waals surface area (Å²) in [6.07, 6.45) is 7.04. The summed E-state index contributed by atoms with van der Waals surface area (Å²) in [6, 6.07) is 3.46. The Morgan fingerprint density at radius 3 is 2.56 bits per heavy atom. The number of pyridine rings is 1. The number of rotatable bonds is 6. The maximum Gasteiger partial charge on any atom is 0.311 e. The van der Waals surface area contributed by atoms with Crippen LogP contribution < -0.4 is 5.32 Å². The van der Waals surface area contributed by atoms with Crippen LogP contribution in [-0.2, 0) is 4.74 Å². The molecular weight excluding hydrogens is 344 g/mol. The van der Waals surface area contributed by atoms with Gasteiger partial charge in [-0.3, -0.25) is 15.0 Å². The van der Waals surface area contributed by atoms with Crippen molar-refractivity contribution in [2.75, 3.05) is 25.0 Å². The molecule has 1 aliphatic carbocycles. The average molecular weight is 377 g/mol. The summed E-state index contributed by atoms with van der Waals surface area (Å²) in [7, 11) is 0. The molecule has 2 heterocycles. The van der Waals surface area contributed by atoms with Crippen molar-refractivity contribution >= 4 is 11.5 Å². The van der Waals surface area contributed by atoms with Crippen molar-refractivity contribution in [2.24, 2.45) is 0 Å². The van der Waals surface area contributed by atoms with Crippen LogP contribution >= 0.6 is 0 Å². The molecule has 2 fully saturated rings. The second-order valence-electron chi connectivity index (χ2n) is 8.13. The Balaban J connectivity index is 1.55. The van der Waals surface area contributed by atoms with Crippen LogP contribution in [0.25, 0.3) is 0 Å². The minimum absolute atomic E-state index is 0.0595. The van der Waals surface area contributed by atoms with Gasteiger partial charge in [-0.1, -0.05) is 0 Å². The molecule has 0 aromatic carbocycles. The van der Waals surface area contributed by atoms with Gasteiger partial charge < -0.3 is 10.1 Å². The van der Waals surface area contributed by atoms with E-state index in [2.05, 4.69) is 29.0 Å². The minimum atomic E-state index is -0.359. The van der Waals surface area contributed by atoms with Crippen LogP contribution in [0.5, 0.6) is 0 Å². The van der Waals surface area contributed by atoms with Gasteiger partial charge in [0.25, 0.3) is 0 Å². The van der Waals surface area contributed by atoms with E-state index in [0.29, 0.717) is 11.9 Å². The monoisotopic (exact) mass is 376 g/mol. The van der Waals surface area contributed by atoms with Gasteiger partial charge in [-0.2, -0.15) is 0 Å². The molecule has 150 valence electrons. The standard InChI is InChI=1S/C20H32N4O3/c1-4-27-17-7-11-20(3,12-8-17)23-13-9-16(10-14-23)22-19-18(24(25)26)6-5-15(2)21-19/h5-6,16-17H,4,7-14H2,1-3H3,(H,21,22). The molecule has 1 saturated heterocycles. The van der Waals surface area contributed by atoms with E-state index in [0.717, 1.165) is 51.1 Å². The van der Waals surface area contributed by atoms with E-state index >= 15 is 0 Å². The number of hydrogen-bond donors (Lipinski definition) is 1. The number of nitrogens with zero attached hydrogens (tertiary/aromatic N) is 3. The Morgan fingerprint density at radius 2 is 1.96 bits per heavy atom. The molecule has 0 spiro atoms. The number of aryl methyl sites for hydroxylation is 1. The Bertz CT molecular complexity index is 651. The smallest absolute Gasteiger partial charge is 0.311 e. The molecule has 7 heteroatoms. The highest BCUT2D eigenvalue weighted by molar-refractivity contribution is 5.56. The van der Waals surface area contributed by atoms with Crippen LogP contribution in [0.2, 0.25) is 0 Å². The van der Waals surface area contributed by atoms with E-state index in [4.69, 9.17) is 4.74 Å². The van der Waals surface area contributed by atoms with E-state index in [1.54, 1.807) is 6.07 Å². The molecule has 0 unspecified atom stereocenters. The Kier molecular flexibility index (Phi) is 6.32. The molecule has 0 radical (unpaired) electrons. The summed E-state index contributed by atoms with van der Waals surface area (Å²) in [5.41, 5.74) is 1.11. The summed E-state index contributed by atoms with van der Waals surface area (Å²) in [6.45, 7) is 9.16. The Hall–Kier alpha value is -1.73. The molecular formula is C20H32N4O3. The Labute approximate surface area is 161 Å². The van der Waals surface area contributed by atoms with E-state index < -0.39 is 0 Å². The fourth-order valence-electron chi connectivity index (χ4n) is 4.49. The van der Waals surface area contributed by atoms with Crippen LogP contribution in [0.15, 0.2) is 12.1 Å². The normalized spacial score (nSPS) is 27.4. The zero-order valence-electron chi connectivity index (χ0n) is 16.7. The van der Waals surface area contributed by atoms with Crippen molar-refractivity contribution in [3.63, 3.8) is 0 Å². The number of aromatic nitrogens is 1. The number of anilines is 1. The van der Waals surface area contributed by atoms with Crippen molar-refractivity contribution in [1.29, 1.82) is 0 Å². The first-order valence-corrected chi connectivity index (χ1v) is 10.2. The molecule has 0 amide bonds. The molecule has 1 aromatic heterocycles. The number of hydrogen-bond acceptors (Lipinski definition) is 6. The van der Waals surface area contributed by atoms with E-state index in [9.17, 15) is 10.1 Å². The zero-order chi connectivity index (χ0) is 19.4. The second kappa shape index (κ2) is 8.52. The van der Waals surface area contributed by atoms with Gasteiger partial charge in [-0.25, -0.2) is 4.98 Å². The van der Waals surface area contributed by atoms with E-state index in [1.807, 2.05) is 6.92 Å². The van der Waals surface area contributed by atoms with Gasteiger partial charge >= 0.3 is 5.69 Å². The lowest BCUT2D eigenvalue weighted by Gasteiger charge is -2.48. The van der Waals surface area contributed by atoms with Crippen LogP contribution in [0.1, 0.15) is 58.1 Å². The third-order valence-corrected chi connectivity index (χ3v) is 6.22. The maximum atomic E-state index is 11.3. The predicted octanol–water partition coefficient (Wildman–Crippen LogP) is 3.91. The van der Waals surface area contributed by atoms with Crippen LogP contribution in [0.4, 0.5) is 11.5 Å². The number of piperidine rings is 1. The highest BCUT2D eigenvalue weighted by Gasteiger charge is 2.38. The van der Waals surface area contributed by atoms with E-state index in [-0.39, 0.29) is 22.2 Å². The lowest BCUT2D eigenvalue weighted by atomic mass is 9.79. The summed E-state index contributed by atoms with van der Waals surface area (Å²) >= 11 is 0. The van der Waals surface area contributed by atoms with Crippen molar-refractivity contribution < 1.29 is 9.66 Å². The van der Waals surface area contributed by atoms with Gasteiger partial charge in [0.1, 0.15) is 0 Å².